The topological polar surface area (TPSA) is 121 Å². The van der Waals surface area contributed by atoms with E-state index in [-0.39, 0.29) is 6.61 Å². The normalized spacial score (nSPS) is 25.3. The lowest BCUT2D eigenvalue weighted by Gasteiger charge is -2.33. The van der Waals surface area contributed by atoms with Gasteiger partial charge in [0.15, 0.2) is 9.84 Å². The first-order valence-electron chi connectivity index (χ1n) is 7.00. The summed E-state index contributed by atoms with van der Waals surface area (Å²) in [7, 11) is -3.37. The largest absolute Gasteiger partial charge is 0.465 e. The molecular formula is C12H22N4O4S. The van der Waals surface area contributed by atoms with Gasteiger partial charge >= 0.3 is 5.97 Å². The SMILES string of the molecule is CCOC(=O)C1(NCCCN=[N+]=[N-])CCCC1S(C)(=O)=O. The van der Waals surface area contributed by atoms with Gasteiger partial charge < -0.3 is 10.1 Å². The van der Waals surface area contributed by atoms with Crippen LogP contribution in [-0.2, 0) is 19.4 Å². The molecule has 21 heavy (non-hydrogen) atoms. The number of esters is 1. The van der Waals surface area contributed by atoms with Crippen molar-refractivity contribution < 1.29 is 17.9 Å². The first-order valence-corrected chi connectivity index (χ1v) is 8.96. The monoisotopic (exact) mass is 318 g/mol. The lowest BCUT2D eigenvalue weighted by atomic mass is 9.97. The molecule has 1 fully saturated rings. The minimum absolute atomic E-state index is 0.206. The van der Waals surface area contributed by atoms with Crippen molar-refractivity contribution in [2.45, 2.75) is 43.4 Å². The van der Waals surface area contributed by atoms with Crippen molar-refractivity contribution in [3.05, 3.63) is 10.4 Å². The predicted octanol–water partition coefficient (Wildman–Crippen LogP) is 1.18. The highest BCUT2D eigenvalue weighted by atomic mass is 32.2. The summed E-state index contributed by atoms with van der Waals surface area (Å²) in [5.74, 6) is -0.512. The second-order valence-electron chi connectivity index (χ2n) is 5.14. The summed E-state index contributed by atoms with van der Waals surface area (Å²) in [5, 5.41) is 5.70. The van der Waals surface area contributed by atoms with Gasteiger partial charge in [0.05, 0.1) is 11.9 Å². The van der Waals surface area contributed by atoms with Gasteiger partial charge in [-0.1, -0.05) is 5.11 Å². The number of azide groups is 1. The second-order valence-corrected chi connectivity index (χ2v) is 7.37. The molecule has 0 bridgehead atoms. The van der Waals surface area contributed by atoms with E-state index in [1.807, 2.05) is 0 Å². The Labute approximate surface area is 124 Å². The van der Waals surface area contributed by atoms with Gasteiger partial charge in [0.1, 0.15) is 5.54 Å². The summed E-state index contributed by atoms with van der Waals surface area (Å²) < 4.78 is 29.0. The van der Waals surface area contributed by atoms with E-state index in [0.29, 0.717) is 38.8 Å². The van der Waals surface area contributed by atoms with Crippen molar-refractivity contribution in [3.8, 4) is 0 Å². The number of carbonyl (C=O) groups is 1. The molecule has 0 amide bonds. The smallest absolute Gasteiger partial charge is 0.327 e. The summed E-state index contributed by atoms with van der Waals surface area (Å²) in [6.07, 6.45) is 3.21. The number of sulfone groups is 1. The van der Waals surface area contributed by atoms with E-state index in [4.69, 9.17) is 10.3 Å². The van der Waals surface area contributed by atoms with Gasteiger partial charge in [0, 0.05) is 17.7 Å². The molecule has 0 aromatic carbocycles. The van der Waals surface area contributed by atoms with Crippen molar-refractivity contribution in [2.75, 3.05) is 26.0 Å². The average molecular weight is 318 g/mol. The first kappa shape index (κ1) is 17.7. The number of rotatable bonds is 8. The fourth-order valence-electron chi connectivity index (χ4n) is 2.83. The Bertz CT molecular complexity index is 515. The van der Waals surface area contributed by atoms with Crippen molar-refractivity contribution in [1.82, 2.24) is 5.32 Å². The van der Waals surface area contributed by atoms with Crippen molar-refractivity contribution in [2.24, 2.45) is 5.11 Å². The van der Waals surface area contributed by atoms with Crippen molar-refractivity contribution in [3.63, 3.8) is 0 Å². The Morgan fingerprint density at radius 2 is 2.29 bits per heavy atom. The number of ether oxygens (including phenoxy) is 1. The maximum atomic E-state index is 12.3. The zero-order chi connectivity index (χ0) is 15.9. The van der Waals surface area contributed by atoms with E-state index >= 15 is 0 Å². The summed E-state index contributed by atoms with van der Waals surface area (Å²) in [5.41, 5.74) is 7.04. The quantitative estimate of drug-likeness (QED) is 0.237. The summed E-state index contributed by atoms with van der Waals surface area (Å²) in [4.78, 5) is 15.0. The van der Waals surface area contributed by atoms with Gasteiger partial charge in [0.2, 0.25) is 0 Å². The molecule has 0 spiro atoms. The van der Waals surface area contributed by atoms with Crippen LogP contribution >= 0.6 is 0 Å². The van der Waals surface area contributed by atoms with E-state index in [0.717, 1.165) is 6.26 Å². The molecule has 0 saturated heterocycles. The Morgan fingerprint density at radius 1 is 1.57 bits per heavy atom. The van der Waals surface area contributed by atoms with Gasteiger partial charge in [0.25, 0.3) is 0 Å². The average Bonchev–Trinajstić information content (AvgIpc) is 2.84. The predicted molar refractivity (Wildman–Crippen MR) is 78.5 cm³/mol. The van der Waals surface area contributed by atoms with Gasteiger partial charge in [-0.15, -0.1) is 0 Å². The molecule has 0 radical (unpaired) electrons. The third kappa shape index (κ3) is 4.33. The summed E-state index contributed by atoms with van der Waals surface area (Å²) in [6.45, 7) is 2.59. The number of carbonyl (C=O) groups excluding carboxylic acids is 1. The third-order valence-electron chi connectivity index (χ3n) is 3.68. The number of hydrogen-bond donors (Lipinski definition) is 1. The van der Waals surface area contributed by atoms with E-state index in [1.54, 1.807) is 6.92 Å². The number of hydrogen-bond acceptors (Lipinski definition) is 6. The molecule has 2 atom stereocenters. The van der Waals surface area contributed by atoms with Crippen LogP contribution in [-0.4, -0.2) is 51.1 Å². The van der Waals surface area contributed by atoms with Crippen LogP contribution in [0.25, 0.3) is 10.4 Å². The van der Waals surface area contributed by atoms with E-state index in [1.165, 1.54) is 0 Å². The summed E-state index contributed by atoms with van der Waals surface area (Å²) >= 11 is 0. The van der Waals surface area contributed by atoms with Gasteiger partial charge in [-0.3, -0.25) is 4.79 Å². The van der Waals surface area contributed by atoms with Crippen LogP contribution in [0.1, 0.15) is 32.6 Å². The van der Waals surface area contributed by atoms with Gasteiger partial charge in [-0.2, -0.15) is 0 Å². The molecule has 0 aromatic rings. The van der Waals surface area contributed by atoms with Crippen LogP contribution in [0.15, 0.2) is 5.11 Å². The molecule has 0 aliphatic heterocycles. The molecule has 9 heteroatoms. The van der Waals surface area contributed by atoms with Crippen LogP contribution in [0.2, 0.25) is 0 Å². The number of nitrogens with zero attached hydrogens (tertiary/aromatic N) is 3. The van der Waals surface area contributed by atoms with E-state index in [2.05, 4.69) is 15.3 Å². The Morgan fingerprint density at radius 3 is 2.86 bits per heavy atom. The standard InChI is InChI=1S/C12H22N4O4S/c1-3-20-11(17)12(14-8-5-9-15-16-13)7-4-6-10(12)21(2,18)19/h10,14H,3-9H2,1-2H3. The molecular weight excluding hydrogens is 296 g/mol. The Hall–Kier alpha value is -1.31. The molecule has 0 heterocycles. The van der Waals surface area contributed by atoms with Crippen LogP contribution < -0.4 is 5.32 Å². The molecule has 1 aliphatic carbocycles. The van der Waals surface area contributed by atoms with Crippen LogP contribution in [0.3, 0.4) is 0 Å². The maximum Gasteiger partial charge on any atom is 0.327 e. The zero-order valence-corrected chi connectivity index (χ0v) is 13.2. The van der Waals surface area contributed by atoms with Crippen LogP contribution in [0.4, 0.5) is 0 Å². The van der Waals surface area contributed by atoms with Crippen LogP contribution in [0.5, 0.6) is 0 Å². The van der Waals surface area contributed by atoms with Crippen molar-refractivity contribution >= 4 is 15.8 Å². The van der Waals surface area contributed by atoms with Gasteiger partial charge in [-0.25, -0.2) is 8.42 Å². The fraction of sp³-hybridized carbons (Fsp3) is 0.917. The third-order valence-corrected chi connectivity index (χ3v) is 5.35. The van der Waals surface area contributed by atoms with E-state index < -0.39 is 26.6 Å². The van der Waals surface area contributed by atoms with Crippen LogP contribution in [0, 0.1) is 0 Å². The van der Waals surface area contributed by atoms with Gasteiger partial charge in [-0.05, 0) is 44.7 Å². The summed E-state index contributed by atoms with van der Waals surface area (Å²) in [6, 6.07) is 0. The first-order chi connectivity index (χ1) is 9.88. The molecule has 2 unspecified atom stereocenters. The molecule has 8 nitrogen and oxygen atoms in total. The highest BCUT2D eigenvalue weighted by Gasteiger charge is 2.54. The highest BCUT2D eigenvalue weighted by Crippen LogP contribution is 2.36. The zero-order valence-electron chi connectivity index (χ0n) is 12.4. The number of nitrogens with one attached hydrogen (secondary N) is 1. The maximum absolute atomic E-state index is 12.3. The van der Waals surface area contributed by atoms with E-state index in [9.17, 15) is 13.2 Å². The molecule has 120 valence electrons. The molecule has 1 aliphatic rings. The molecule has 1 rings (SSSR count). The minimum atomic E-state index is -3.37. The Balaban J connectivity index is 2.89. The molecule has 0 aromatic heterocycles. The molecule has 1 N–H and O–H groups in total. The molecule has 1 saturated carbocycles. The minimum Gasteiger partial charge on any atom is -0.465 e. The Kier molecular flexibility index (Phi) is 6.44. The highest BCUT2D eigenvalue weighted by molar-refractivity contribution is 7.91. The lowest BCUT2D eigenvalue weighted by Crippen LogP contribution is -2.60. The second kappa shape index (κ2) is 7.63. The lowest BCUT2D eigenvalue weighted by molar-refractivity contribution is -0.150. The fourth-order valence-corrected chi connectivity index (χ4v) is 4.45. The van der Waals surface area contributed by atoms with Crippen molar-refractivity contribution in [1.29, 1.82) is 0 Å².